The molecule has 0 saturated heterocycles. The zero-order valence-electron chi connectivity index (χ0n) is 8.40. The summed E-state index contributed by atoms with van der Waals surface area (Å²) < 4.78 is 9.93. The largest absolute Gasteiger partial charge is 0.392 e. The Morgan fingerprint density at radius 1 is 1.14 bits per heavy atom. The van der Waals surface area contributed by atoms with Crippen LogP contribution in [0.15, 0.2) is 24.3 Å². The molecule has 0 atom stereocenters. The summed E-state index contributed by atoms with van der Waals surface area (Å²) in [6.45, 7) is 1.10. The van der Waals surface area contributed by atoms with Crippen molar-refractivity contribution in [2.45, 2.75) is 13.0 Å². The van der Waals surface area contributed by atoms with Crippen LogP contribution in [-0.2, 0) is 22.5 Å². The average molecular weight is 196 g/mol. The number of hydrogen-bond acceptors (Lipinski definition) is 3. The van der Waals surface area contributed by atoms with Gasteiger partial charge >= 0.3 is 0 Å². The summed E-state index contributed by atoms with van der Waals surface area (Å²) in [5, 5.41) is 8.83. The summed E-state index contributed by atoms with van der Waals surface area (Å²) in [6, 6.07) is 7.85. The van der Waals surface area contributed by atoms with Gasteiger partial charge in [0, 0.05) is 7.11 Å². The second-order valence-electron chi connectivity index (χ2n) is 3.04. The monoisotopic (exact) mass is 196 g/mol. The lowest BCUT2D eigenvalue weighted by molar-refractivity contribution is -0.0291. The Bertz CT molecular complexity index is 243. The van der Waals surface area contributed by atoms with Crippen molar-refractivity contribution in [2.24, 2.45) is 0 Å². The molecule has 3 heteroatoms. The number of aliphatic hydroxyl groups excluding tert-OH is 1. The first-order valence-electron chi connectivity index (χ1n) is 4.62. The van der Waals surface area contributed by atoms with Gasteiger partial charge in [0.25, 0.3) is 0 Å². The van der Waals surface area contributed by atoms with Gasteiger partial charge in [-0.1, -0.05) is 24.3 Å². The average Bonchev–Trinajstić information content (AvgIpc) is 2.25. The van der Waals surface area contributed by atoms with Crippen molar-refractivity contribution < 1.29 is 14.6 Å². The second-order valence-corrected chi connectivity index (χ2v) is 3.04. The minimum atomic E-state index is 0.0977. The van der Waals surface area contributed by atoms with Crippen LogP contribution in [0.1, 0.15) is 11.1 Å². The van der Waals surface area contributed by atoms with Gasteiger partial charge in [-0.2, -0.15) is 0 Å². The smallest absolute Gasteiger partial charge is 0.146 e. The fraction of sp³-hybridized carbons (Fsp3) is 0.455. The number of ether oxygens (including phenoxy) is 2. The zero-order valence-corrected chi connectivity index (χ0v) is 8.40. The Hall–Kier alpha value is -0.900. The highest BCUT2D eigenvalue weighted by atomic mass is 16.7. The molecule has 0 spiro atoms. The number of aliphatic hydroxyl groups is 1. The summed E-state index contributed by atoms with van der Waals surface area (Å²) in [6.07, 6.45) is 0.870. The Morgan fingerprint density at radius 3 is 2.36 bits per heavy atom. The van der Waals surface area contributed by atoms with Gasteiger partial charge in [0.2, 0.25) is 0 Å². The summed E-state index contributed by atoms with van der Waals surface area (Å²) in [5.74, 6) is 0. The number of rotatable bonds is 6. The Labute approximate surface area is 84.3 Å². The quantitative estimate of drug-likeness (QED) is 0.551. The van der Waals surface area contributed by atoms with E-state index < -0.39 is 0 Å². The molecule has 0 bridgehead atoms. The fourth-order valence-electron chi connectivity index (χ4n) is 1.14. The highest BCUT2D eigenvalue weighted by molar-refractivity contribution is 5.21. The van der Waals surface area contributed by atoms with Crippen molar-refractivity contribution in [3.63, 3.8) is 0 Å². The molecule has 0 unspecified atom stereocenters. The van der Waals surface area contributed by atoms with Crippen molar-refractivity contribution in [3.8, 4) is 0 Å². The first-order valence-corrected chi connectivity index (χ1v) is 4.62. The fourth-order valence-corrected chi connectivity index (χ4v) is 1.14. The lowest BCUT2D eigenvalue weighted by atomic mass is 10.1. The molecule has 1 N–H and O–H groups in total. The lowest BCUT2D eigenvalue weighted by Gasteiger charge is -2.03. The van der Waals surface area contributed by atoms with Crippen LogP contribution in [0, 0.1) is 0 Å². The van der Waals surface area contributed by atoms with E-state index in [1.807, 2.05) is 24.3 Å². The van der Waals surface area contributed by atoms with E-state index in [-0.39, 0.29) is 6.61 Å². The minimum Gasteiger partial charge on any atom is -0.392 e. The number of benzene rings is 1. The molecular weight excluding hydrogens is 180 g/mol. The first kappa shape index (κ1) is 11.2. The van der Waals surface area contributed by atoms with Crippen LogP contribution in [0.5, 0.6) is 0 Å². The van der Waals surface area contributed by atoms with Gasteiger partial charge < -0.3 is 14.6 Å². The maximum Gasteiger partial charge on any atom is 0.146 e. The minimum absolute atomic E-state index is 0.0977. The topological polar surface area (TPSA) is 38.7 Å². The molecule has 0 amide bonds. The molecule has 0 aromatic heterocycles. The van der Waals surface area contributed by atoms with Crippen molar-refractivity contribution >= 4 is 0 Å². The first-order chi connectivity index (χ1) is 6.86. The molecular formula is C11H16O3. The van der Waals surface area contributed by atoms with E-state index in [4.69, 9.17) is 14.6 Å². The van der Waals surface area contributed by atoms with Crippen LogP contribution in [0.3, 0.4) is 0 Å². The van der Waals surface area contributed by atoms with Crippen LogP contribution < -0.4 is 0 Å². The van der Waals surface area contributed by atoms with Crippen LogP contribution in [0.25, 0.3) is 0 Å². The Kier molecular flexibility index (Phi) is 5.22. The summed E-state index contributed by atoms with van der Waals surface area (Å²) in [7, 11) is 1.61. The number of hydrogen-bond donors (Lipinski definition) is 1. The Morgan fingerprint density at radius 2 is 1.79 bits per heavy atom. The molecule has 3 nitrogen and oxygen atoms in total. The van der Waals surface area contributed by atoms with E-state index >= 15 is 0 Å². The van der Waals surface area contributed by atoms with Gasteiger partial charge in [0.15, 0.2) is 0 Å². The van der Waals surface area contributed by atoms with Crippen molar-refractivity contribution in [3.05, 3.63) is 35.4 Å². The van der Waals surface area contributed by atoms with Crippen molar-refractivity contribution in [2.75, 3.05) is 20.5 Å². The van der Waals surface area contributed by atoms with E-state index in [9.17, 15) is 0 Å². The third-order valence-electron chi connectivity index (χ3n) is 1.94. The molecule has 0 fully saturated rings. The predicted molar refractivity (Wildman–Crippen MR) is 53.9 cm³/mol. The molecule has 0 radical (unpaired) electrons. The second kappa shape index (κ2) is 6.54. The number of methoxy groups -OCH3 is 1. The van der Waals surface area contributed by atoms with Gasteiger partial charge in [-0.15, -0.1) is 0 Å². The standard InChI is InChI=1S/C11H16O3/c1-13-9-14-7-6-10-2-4-11(8-12)5-3-10/h2-5,12H,6-9H2,1H3. The van der Waals surface area contributed by atoms with Crippen LogP contribution in [0.2, 0.25) is 0 Å². The Balaban J connectivity index is 2.29. The predicted octanol–water partition coefficient (Wildman–Crippen LogP) is 1.34. The van der Waals surface area contributed by atoms with E-state index in [0.717, 1.165) is 12.0 Å². The maximum absolute atomic E-state index is 8.83. The normalized spacial score (nSPS) is 10.4. The summed E-state index contributed by atoms with van der Waals surface area (Å²) >= 11 is 0. The summed E-state index contributed by atoms with van der Waals surface area (Å²) in [5.41, 5.74) is 2.14. The van der Waals surface area contributed by atoms with E-state index in [1.165, 1.54) is 5.56 Å². The van der Waals surface area contributed by atoms with Crippen LogP contribution in [-0.4, -0.2) is 25.6 Å². The van der Waals surface area contributed by atoms with Gasteiger partial charge in [-0.3, -0.25) is 0 Å². The lowest BCUT2D eigenvalue weighted by Crippen LogP contribution is -2.01. The maximum atomic E-state index is 8.83. The highest BCUT2D eigenvalue weighted by Crippen LogP contribution is 2.05. The third-order valence-corrected chi connectivity index (χ3v) is 1.94. The van der Waals surface area contributed by atoms with Gasteiger partial charge in [0.05, 0.1) is 13.2 Å². The van der Waals surface area contributed by atoms with E-state index in [0.29, 0.717) is 13.4 Å². The third kappa shape index (κ3) is 3.87. The van der Waals surface area contributed by atoms with Crippen molar-refractivity contribution in [1.82, 2.24) is 0 Å². The van der Waals surface area contributed by atoms with Gasteiger partial charge in [0.1, 0.15) is 6.79 Å². The highest BCUT2D eigenvalue weighted by Gasteiger charge is 1.94. The molecule has 1 rings (SSSR count). The molecule has 78 valence electrons. The summed E-state index contributed by atoms with van der Waals surface area (Å²) in [4.78, 5) is 0. The van der Waals surface area contributed by atoms with E-state index in [2.05, 4.69) is 0 Å². The molecule has 0 aliphatic rings. The molecule has 0 heterocycles. The van der Waals surface area contributed by atoms with Gasteiger partial charge in [-0.05, 0) is 17.5 Å². The molecule has 0 saturated carbocycles. The molecule has 14 heavy (non-hydrogen) atoms. The van der Waals surface area contributed by atoms with E-state index in [1.54, 1.807) is 7.11 Å². The molecule has 1 aromatic rings. The molecule has 1 aromatic carbocycles. The SMILES string of the molecule is COCOCCc1ccc(CO)cc1. The van der Waals surface area contributed by atoms with Crippen molar-refractivity contribution in [1.29, 1.82) is 0 Å². The van der Waals surface area contributed by atoms with Crippen LogP contribution >= 0.6 is 0 Å². The zero-order chi connectivity index (χ0) is 10.2. The molecule has 0 aliphatic heterocycles. The van der Waals surface area contributed by atoms with Gasteiger partial charge in [-0.25, -0.2) is 0 Å². The van der Waals surface area contributed by atoms with Crippen LogP contribution in [0.4, 0.5) is 0 Å². The molecule has 0 aliphatic carbocycles.